The number of rotatable bonds is 13. The van der Waals surface area contributed by atoms with Crippen molar-refractivity contribution in [3.05, 3.63) is 96.1 Å². The molecule has 0 spiro atoms. The molecule has 9 heteroatoms. The zero-order chi connectivity index (χ0) is 33.4. The Morgan fingerprint density at radius 3 is 2.36 bits per heavy atom. The fraction of sp³-hybridized carbons (Fsp3) is 0.474. The number of amides is 2. The Balaban J connectivity index is 1.49. The highest BCUT2D eigenvalue weighted by Crippen LogP contribution is 2.41. The van der Waals surface area contributed by atoms with Crippen LogP contribution in [-0.4, -0.2) is 42.2 Å². The van der Waals surface area contributed by atoms with Gasteiger partial charge in [0.2, 0.25) is 11.8 Å². The molecule has 5 rings (SSSR count). The zero-order valence-corrected chi connectivity index (χ0v) is 29.5. The van der Waals surface area contributed by atoms with E-state index in [4.69, 9.17) is 13.8 Å². The van der Waals surface area contributed by atoms with Crippen molar-refractivity contribution < 1.29 is 18.4 Å². The first kappa shape index (κ1) is 34.5. The molecule has 47 heavy (non-hydrogen) atoms. The quantitative estimate of drug-likeness (QED) is 0.141. The van der Waals surface area contributed by atoms with Crippen molar-refractivity contribution in [3.63, 3.8) is 0 Å². The number of aromatic nitrogens is 2. The van der Waals surface area contributed by atoms with Crippen LogP contribution in [0.15, 0.2) is 83.5 Å². The summed E-state index contributed by atoms with van der Waals surface area (Å²) in [6.07, 6.45) is 10.1. The Morgan fingerprint density at radius 2 is 1.68 bits per heavy atom. The SMILES string of the molecule is CC(C)(C)[Si](C)(C)OC(c1nc2ccccc2o1)[C@H](CCc1ccccc1)NC(=O)[C@H](CC1CCCCC1)NC(=O)c1cccnc1. The molecule has 2 heterocycles. The molecule has 2 aromatic carbocycles. The third kappa shape index (κ3) is 9.17. The molecule has 1 aliphatic carbocycles. The Kier molecular flexibility index (Phi) is 11.3. The molecule has 250 valence electrons. The van der Waals surface area contributed by atoms with Crippen LogP contribution in [-0.2, 0) is 15.6 Å². The Hall–Kier alpha value is -3.82. The second-order valence-corrected chi connectivity index (χ2v) is 19.2. The van der Waals surface area contributed by atoms with Crippen molar-refractivity contribution in [1.82, 2.24) is 20.6 Å². The molecule has 0 radical (unpaired) electrons. The van der Waals surface area contributed by atoms with Gasteiger partial charge in [-0.15, -0.1) is 0 Å². The number of nitrogens with one attached hydrogen (secondary N) is 2. The van der Waals surface area contributed by atoms with E-state index >= 15 is 0 Å². The number of benzene rings is 2. The highest BCUT2D eigenvalue weighted by atomic mass is 28.4. The maximum atomic E-state index is 14.4. The minimum absolute atomic E-state index is 0.0908. The molecule has 2 amide bonds. The summed E-state index contributed by atoms with van der Waals surface area (Å²) in [5.74, 6) is 0.305. The predicted octanol–water partition coefficient (Wildman–Crippen LogP) is 8.17. The number of pyridine rings is 1. The Bertz CT molecular complexity index is 1560. The predicted molar refractivity (Wildman–Crippen MR) is 188 cm³/mol. The van der Waals surface area contributed by atoms with Gasteiger partial charge >= 0.3 is 0 Å². The summed E-state index contributed by atoms with van der Waals surface area (Å²) in [6, 6.07) is 20.2. The smallest absolute Gasteiger partial charge is 0.253 e. The summed E-state index contributed by atoms with van der Waals surface area (Å²) < 4.78 is 13.5. The van der Waals surface area contributed by atoms with Crippen molar-refractivity contribution in [2.75, 3.05) is 0 Å². The summed E-state index contributed by atoms with van der Waals surface area (Å²) in [6.45, 7) is 11.0. The van der Waals surface area contributed by atoms with Crippen LogP contribution in [0.5, 0.6) is 0 Å². The number of oxazole rings is 1. The lowest BCUT2D eigenvalue weighted by molar-refractivity contribution is -0.125. The van der Waals surface area contributed by atoms with Gasteiger partial charge in [-0.3, -0.25) is 14.6 Å². The van der Waals surface area contributed by atoms with Gasteiger partial charge in [0.1, 0.15) is 17.7 Å². The number of hydrogen-bond acceptors (Lipinski definition) is 6. The second-order valence-electron chi connectivity index (χ2n) is 14.5. The van der Waals surface area contributed by atoms with E-state index in [2.05, 4.69) is 61.6 Å². The standard InChI is InChI=1S/C38H50N4O4Si/c1-38(2,3)47(4,5)46-34(37-42-30-20-12-13-21-33(30)45-37)31(23-22-27-15-8-6-9-16-27)40-36(44)32(25-28-17-10-7-11-18-28)41-35(43)29-19-14-24-39-26-29/h6,8-9,12-16,19-21,24,26,28,31-32,34H,7,10-11,17-18,22-23,25H2,1-5H3,(H,40,44)(H,41,43)/t31-,32-,34?/m0/s1. The van der Waals surface area contributed by atoms with Gasteiger partial charge in [-0.05, 0) is 73.1 Å². The summed E-state index contributed by atoms with van der Waals surface area (Å²) in [5.41, 5.74) is 3.02. The molecule has 2 N–H and O–H groups in total. The summed E-state index contributed by atoms with van der Waals surface area (Å²) in [4.78, 5) is 36.8. The molecule has 2 aromatic heterocycles. The highest BCUT2D eigenvalue weighted by Gasteiger charge is 2.43. The fourth-order valence-corrected chi connectivity index (χ4v) is 7.34. The van der Waals surface area contributed by atoms with Crippen LogP contribution in [0.25, 0.3) is 11.1 Å². The summed E-state index contributed by atoms with van der Waals surface area (Å²) in [5, 5.41) is 6.36. The molecule has 0 aliphatic heterocycles. The van der Waals surface area contributed by atoms with E-state index in [1.54, 1.807) is 18.3 Å². The number of hydrogen-bond donors (Lipinski definition) is 2. The van der Waals surface area contributed by atoms with E-state index in [-0.39, 0.29) is 16.9 Å². The van der Waals surface area contributed by atoms with E-state index in [9.17, 15) is 9.59 Å². The average molecular weight is 655 g/mol. The molecule has 0 saturated heterocycles. The van der Waals surface area contributed by atoms with Crippen molar-refractivity contribution in [3.8, 4) is 0 Å². The lowest BCUT2D eigenvalue weighted by atomic mass is 9.84. The van der Waals surface area contributed by atoms with Crippen LogP contribution < -0.4 is 10.6 Å². The molecule has 3 atom stereocenters. The van der Waals surface area contributed by atoms with E-state index < -0.39 is 26.5 Å². The van der Waals surface area contributed by atoms with Gasteiger partial charge < -0.3 is 19.5 Å². The van der Waals surface area contributed by atoms with Crippen molar-refractivity contribution >= 4 is 31.2 Å². The van der Waals surface area contributed by atoms with Crippen LogP contribution in [0.3, 0.4) is 0 Å². The number of nitrogens with zero attached hydrogens (tertiary/aromatic N) is 2. The van der Waals surface area contributed by atoms with Gasteiger partial charge in [0.25, 0.3) is 5.91 Å². The molecule has 1 unspecified atom stereocenters. The lowest BCUT2D eigenvalue weighted by Crippen LogP contribution is -2.53. The highest BCUT2D eigenvalue weighted by molar-refractivity contribution is 6.74. The van der Waals surface area contributed by atoms with Gasteiger partial charge in [-0.1, -0.05) is 95.3 Å². The van der Waals surface area contributed by atoms with E-state index in [1.807, 2.05) is 42.5 Å². The van der Waals surface area contributed by atoms with E-state index in [0.29, 0.717) is 35.8 Å². The third-order valence-corrected chi connectivity index (χ3v) is 14.4. The van der Waals surface area contributed by atoms with Crippen LogP contribution in [0.4, 0.5) is 0 Å². The van der Waals surface area contributed by atoms with E-state index in [0.717, 1.165) is 37.6 Å². The monoisotopic (exact) mass is 654 g/mol. The number of fused-ring (bicyclic) bond motifs is 1. The third-order valence-electron chi connectivity index (χ3n) is 9.90. The lowest BCUT2D eigenvalue weighted by Gasteiger charge is -2.41. The molecule has 1 saturated carbocycles. The van der Waals surface area contributed by atoms with Gasteiger partial charge in [-0.25, -0.2) is 4.98 Å². The maximum Gasteiger partial charge on any atom is 0.253 e. The molecular weight excluding hydrogens is 605 g/mol. The van der Waals surface area contributed by atoms with Gasteiger partial charge in [0.05, 0.1) is 11.6 Å². The molecular formula is C38H50N4O4Si. The van der Waals surface area contributed by atoms with Crippen LogP contribution >= 0.6 is 0 Å². The molecule has 0 bridgehead atoms. The summed E-state index contributed by atoms with van der Waals surface area (Å²) >= 11 is 0. The van der Waals surface area contributed by atoms with Crippen molar-refractivity contribution in [2.45, 2.75) is 108 Å². The van der Waals surface area contributed by atoms with Crippen LogP contribution in [0.1, 0.15) is 93.6 Å². The Morgan fingerprint density at radius 1 is 0.957 bits per heavy atom. The van der Waals surface area contributed by atoms with Gasteiger partial charge in [0.15, 0.2) is 13.9 Å². The van der Waals surface area contributed by atoms with Gasteiger partial charge in [-0.2, -0.15) is 0 Å². The van der Waals surface area contributed by atoms with Crippen LogP contribution in [0, 0.1) is 5.92 Å². The second kappa shape index (κ2) is 15.4. The topological polar surface area (TPSA) is 106 Å². The largest absolute Gasteiger partial charge is 0.438 e. The average Bonchev–Trinajstić information content (AvgIpc) is 3.50. The minimum Gasteiger partial charge on any atom is -0.438 e. The molecule has 4 aromatic rings. The van der Waals surface area contributed by atoms with Crippen LogP contribution in [0.2, 0.25) is 18.1 Å². The molecule has 8 nitrogen and oxygen atoms in total. The Labute approximate surface area is 280 Å². The zero-order valence-electron chi connectivity index (χ0n) is 28.5. The first-order valence-corrected chi connectivity index (χ1v) is 20.0. The van der Waals surface area contributed by atoms with E-state index in [1.165, 1.54) is 18.2 Å². The van der Waals surface area contributed by atoms with Gasteiger partial charge in [0, 0.05) is 12.4 Å². The number of carbonyl (C=O) groups excluding carboxylic acids is 2. The normalized spacial score (nSPS) is 16.4. The van der Waals surface area contributed by atoms with Crippen molar-refractivity contribution in [1.29, 1.82) is 0 Å². The number of carbonyl (C=O) groups is 2. The summed E-state index contributed by atoms with van der Waals surface area (Å²) in [7, 11) is -2.38. The fourth-order valence-electron chi connectivity index (χ4n) is 6.09. The first-order chi connectivity index (χ1) is 22.5. The van der Waals surface area contributed by atoms with Crippen molar-refractivity contribution in [2.24, 2.45) is 5.92 Å². The number of para-hydroxylation sites is 2. The molecule has 1 aliphatic rings. The molecule has 1 fully saturated rings. The first-order valence-electron chi connectivity index (χ1n) is 17.1. The minimum atomic E-state index is -2.38. The maximum absolute atomic E-state index is 14.4. The number of aryl methyl sites for hydroxylation is 1.